The minimum atomic E-state index is 0.291. The van der Waals surface area contributed by atoms with Gasteiger partial charge in [-0.1, -0.05) is 37.6 Å². The Labute approximate surface area is 116 Å². The van der Waals surface area contributed by atoms with Gasteiger partial charge in [0.1, 0.15) is 0 Å². The average Bonchev–Trinajstić information content (AvgIpc) is 2.63. The summed E-state index contributed by atoms with van der Waals surface area (Å²) in [7, 11) is 1.98. The van der Waals surface area contributed by atoms with E-state index in [0.717, 1.165) is 32.4 Å². The molecule has 104 valence electrons. The van der Waals surface area contributed by atoms with Gasteiger partial charge in [0, 0.05) is 25.6 Å². The summed E-state index contributed by atoms with van der Waals surface area (Å²) < 4.78 is 0. The summed E-state index contributed by atoms with van der Waals surface area (Å²) >= 11 is 0. The summed E-state index contributed by atoms with van der Waals surface area (Å²) in [6.07, 6.45) is 3.74. The minimum Gasteiger partial charge on any atom is -0.337 e. The first kappa shape index (κ1) is 14.1. The summed E-state index contributed by atoms with van der Waals surface area (Å²) in [5.74, 6) is 0.291. The lowest BCUT2D eigenvalue weighted by atomic mass is 10.0. The number of benzene rings is 1. The van der Waals surface area contributed by atoms with Gasteiger partial charge in [0.25, 0.3) is 0 Å². The Morgan fingerprint density at radius 2 is 2.11 bits per heavy atom. The van der Waals surface area contributed by atoms with E-state index in [1.807, 2.05) is 11.9 Å². The lowest BCUT2D eigenvalue weighted by molar-refractivity contribution is -0.132. The van der Waals surface area contributed by atoms with Crippen LogP contribution in [0.25, 0.3) is 0 Å². The SMILES string of the molecule is CCCCC(=O)N1Cc2ccccc2CC(NC)C1. The molecular weight excluding hydrogens is 236 g/mol. The molecule has 0 fully saturated rings. The Balaban J connectivity index is 2.15. The summed E-state index contributed by atoms with van der Waals surface area (Å²) in [6.45, 7) is 3.70. The summed E-state index contributed by atoms with van der Waals surface area (Å²) in [4.78, 5) is 14.3. The van der Waals surface area contributed by atoms with Gasteiger partial charge in [0.2, 0.25) is 5.91 Å². The van der Waals surface area contributed by atoms with Crippen LogP contribution in [0.4, 0.5) is 0 Å². The number of hydrogen-bond acceptors (Lipinski definition) is 2. The van der Waals surface area contributed by atoms with Crippen molar-refractivity contribution in [2.45, 2.75) is 45.2 Å². The maximum absolute atomic E-state index is 12.3. The molecule has 0 saturated carbocycles. The first-order valence-electron chi connectivity index (χ1n) is 7.26. The van der Waals surface area contributed by atoms with Crippen molar-refractivity contribution in [3.05, 3.63) is 35.4 Å². The topological polar surface area (TPSA) is 32.3 Å². The lowest BCUT2D eigenvalue weighted by Crippen LogP contribution is -2.41. The van der Waals surface area contributed by atoms with Crippen LogP contribution >= 0.6 is 0 Å². The molecule has 19 heavy (non-hydrogen) atoms. The largest absolute Gasteiger partial charge is 0.337 e. The van der Waals surface area contributed by atoms with E-state index in [1.54, 1.807) is 0 Å². The number of fused-ring (bicyclic) bond motifs is 1. The molecule has 0 saturated heterocycles. The van der Waals surface area contributed by atoms with E-state index < -0.39 is 0 Å². The molecule has 1 aliphatic rings. The molecule has 1 N–H and O–H groups in total. The molecule has 1 aromatic rings. The predicted octanol–water partition coefficient (Wildman–Crippen LogP) is 2.35. The number of unbranched alkanes of at least 4 members (excludes halogenated alkanes) is 1. The van der Waals surface area contributed by atoms with Gasteiger partial charge < -0.3 is 10.2 Å². The molecule has 0 bridgehead atoms. The third-order valence-electron chi connectivity index (χ3n) is 3.89. The third-order valence-corrected chi connectivity index (χ3v) is 3.89. The minimum absolute atomic E-state index is 0.291. The molecule has 3 heteroatoms. The third kappa shape index (κ3) is 3.57. The highest BCUT2D eigenvalue weighted by atomic mass is 16.2. The Morgan fingerprint density at radius 1 is 1.37 bits per heavy atom. The van der Waals surface area contributed by atoms with E-state index in [1.165, 1.54) is 11.1 Å². The summed E-state index contributed by atoms with van der Waals surface area (Å²) in [5.41, 5.74) is 2.66. The van der Waals surface area contributed by atoms with Crippen molar-refractivity contribution in [3.63, 3.8) is 0 Å². The van der Waals surface area contributed by atoms with Crippen LogP contribution in [0.15, 0.2) is 24.3 Å². The highest BCUT2D eigenvalue weighted by Crippen LogP contribution is 2.19. The zero-order valence-electron chi connectivity index (χ0n) is 12.0. The standard InChI is InChI=1S/C16H24N2O/c1-3-4-9-16(19)18-11-14-8-6-5-7-13(14)10-15(12-18)17-2/h5-8,15,17H,3-4,9-12H2,1-2H3. The van der Waals surface area contributed by atoms with Gasteiger partial charge >= 0.3 is 0 Å². The molecule has 1 unspecified atom stereocenters. The van der Waals surface area contributed by atoms with Crippen LogP contribution in [0.5, 0.6) is 0 Å². The molecule has 2 rings (SSSR count). The van der Waals surface area contributed by atoms with Crippen molar-refractivity contribution < 1.29 is 4.79 Å². The van der Waals surface area contributed by atoms with E-state index in [9.17, 15) is 4.79 Å². The molecular formula is C16H24N2O. The Morgan fingerprint density at radius 3 is 2.79 bits per heavy atom. The maximum atomic E-state index is 12.3. The molecule has 0 spiro atoms. The number of likely N-dealkylation sites (N-methyl/N-ethyl adjacent to an activating group) is 1. The Bertz CT molecular complexity index is 431. The maximum Gasteiger partial charge on any atom is 0.222 e. The van der Waals surface area contributed by atoms with Gasteiger partial charge in [-0.2, -0.15) is 0 Å². The highest BCUT2D eigenvalue weighted by molar-refractivity contribution is 5.76. The van der Waals surface area contributed by atoms with Crippen molar-refractivity contribution in [2.75, 3.05) is 13.6 Å². The second-order valence-corrected chi connectivity index (χ2v) is 5.34. The molecule has 1 aliphatic heterocycles. The number of hydrogen-bond donors (Lipinski definition) is 1. The van der Waals surface area contributed by atoms with Crippen molar-refractivity contribution in [1.82, 2.24) is 10.2 Å². The number of nitrogens with one attached hydrogen (secondary N) is 1. The van der Waals surface area contributed by atoms with Gasteiger partial charge in [-0.05, 0) is 31.0 Å². The van der Waals surface area contributed by atoms with E-state index in [0.29, 0.717) is 18.4 Å². The lowest BCUT2D eigenvalue weighted by Gasteiger charge is -2.24. The van der Waals surface area contributed by atoms with Gasteiger partial charge in [-0.3, -0.25) is 4.79 Å². The van der Waals surface area contributed by atoms with E-state index in [-0.39, 0.29) is 0 Å². The fraction of sp³-hybridized carbons (Fsp3) is 0.562. The molecule has 1 atom stereocenters. The quantitative estimate of drug-likeness (QED) is 0.901. The number of carbonyl (C=O) groups excluding carboxylic acids is 1. The van der Waals surface area contributed by atoms with Crippen LogP contribution in [-0.2, 0) is 17.8 Å². The molecule has 0 aliphatic carbocycles. The van der Waals surface area contributed by atoms with Gasteiger partial charge in [0.15, 0.2) is 0 Å². The van der Waals surface area contributed by atoms with E-state index in [2.05, 4.69) is 36.5 Å². The van der Waals surface area contributed by atoms with Crippen LogP contribution in [0.3, 0.4) is 0 Å². The first-order chi connectivity index (χ1) is 9.24. The molecule has 0 aromatic heterocycles. The summed E-state index contributed by atoms with van der Waals surface area (Å²) in [5, 5.41) is 3.33. The highest BCUT2D eigenvalue weighted by Gasteiger charge is 2.23. The zero-order chi connectivity index (χ0) is 13.7. The molecule has 1 heterocycles. The second-order valence-electron chi connectivity index (χ2n) is 5.34. The van der Waals surface area contributed by atoms with Crippen molar-refractivity contribution in [2.24, 2.45) is 0 Å². The number of carbonyl (C=O) groups is 1. The molecule has 1 amide bonds. The van der Waals surface area contributed by atoms with Crippen molar-refractivity contribution >= 4 is 5.91 Å². The van der Waals surface area contributed by atoms with E-state index >= 15 is 0 Å². The second kappa shape index (κ2) is 6.71. The number of amides is 1. The Hall–Kier alpha value is -1.35. The van der Waals surface area contributed by atoms with Crippen LogP contribution < -0.4 is 5.32 Å². The number of rotatable bonds is 4. The van der Waals surface area contributed by atoms with Gasteiger partial charge in [0.05, 0.1) is 0 Å². The van der Waals surface area contributed by atoms with Gasteiger partial charge in [-0.25, -0.2) is 0 Å². The normalized spacial score (nSPS) is 18.8. The van der Waals surface area contributed by atoms with Crippen LogP contribution in [-0.4, -0.2) is 30.4 Å². The van der Waals surface area contributed by atoms with Crippen LogP contribution in [0.2, 0.25) is 0 Å². The van der Waals surface area contributed by atoms with Crippen LogP contribution in [0.1, 0.15) is 37.3 Å². The molecule has 3 nitrogen and oxygen atoms in total. The van der Waals surface area contributed by atoms with Crippen molar-refractivity contribution in [3.8, 4) is 0 Å². The van der Waals surface area contributed by atoms with E-state index in [4.69, 9.17) is 0 Å². The monoisotopic (exact) mass is 260 g/mol. The van der Waals surface area contributed by atoms with Crippen molar-refractivity contribution in [1.29, 1.82) is 0 Å². The Kier molecular flexibility index (Phi) is 4.97. The fourth-order valence-corrected chi connectivity index (χ4v) is 2.65. The average molecular weight is 260 g/mol. The first-order valence-corrected chi connectivity index (χ1v) is 7.26. The zero-order valence-corrected chi connectivity index (χ0v) is 12.0. The molecule has 0 radical (unpaired) electrons. The van der Waals surface area contributed by atoms with Gasteiger partial charge in [-0.15, -0.1) is 0 Å². The molecule has 1 aromatic carbocycles. The number of nitrogens with zero attached hydrogens (tertiary/aromatic N) is 1. The summed E-state index contributed by atoms with van der Waals surface area (Å²) in [6, 6.07) is 8.83. The fourth-order valence-electron chi connectivity index (χ4n) is 2.65. The van der Waals surface area contributed by atoms with Crippen LogP contribution in [0, 0.1) is 0 Å². The predicted molar refractivity (Wildman–Crippen MR) is 77.9 cm³/mol. The smallest absolute Gasteiger partial charge is 0.222 e.